The van der Waals surface area contributed by atoms with Crippen LogP contribution in [0.15, 0.2) is 54.6 Å². The Morgan fingerprint density at radius 1 is 0.947 bits per heavy atom. The molecule has 2 rings (SSSR count). The highest BCUT2D eigenvalue weighted by atomic mass is 16.5. The van der Waals surface area contributed by atoms with E-state index in [1.807, 2.05) is 54.6 Å². The van der Waals surface area contributed by atoms with E-state index in [-0.39, 0.29) is 5.78 Å². The topological polar surface area (TPSA) is 26.3 Å². The van der Waals surface area contributed by atoms with Crippen molar-refractivity contribution in [3.63, 3.8) is 0 Å². The molecule has 2 heteroatoms. The van der Waals surface area contributed by atoms with Crippen molar-refractivity contribution in [2.24, 2.45) is 0 Å². The van der Waals surface area contributed by atoms with Crippen LogP contribution < -0.4 is 4.74 Å². The summed E-state index contributed by atoms with van der Waals surface area (Å²) in [5, 5.41) is 0. The van der Waals surface area contributed by atoms with E-state index in [0.29, 0.717) is 6.42 Å². The molecule has 0 saturated carbocycles. The van der Waals surface area contributed by atoms with Crippen LogP contribution >= 0.6 is 0 Å². The van der Waals surface area contributed by atoms with Crippen LogP contribution in [0.3, 0.4) is 0 Å². The van der Waals surface area contributed by atoms with Gasteiger partial charge in [0.25, 0.3) is 0 Å². The molecule has 0 amide bonds. The second-order valence-corrected chi connectivity index (χ2v) is 4.47. The molecule has 0 aliphatic carbocycles. The van der Waals surface area contributed by atoms with Gasteiger partial charge >= 0.3 is 0 Å². The second-order valence-electron chi connectivity index (χ2n) is 4.47. The third-order valence-corrected chi connectivity index (χ3v) is 2.91. The first-order chi connectivity index (χ1) is 9.29. The Labute approximate surface area is 114 Å². The minimum Gasteiger partial charge on any atom is -0.457 e. The first kappa shape index (κ1) is 13.3. The van der Waals surface area contributed by atoms with Gasteiger partial charge in [-0.1, -0.05) is 31.5 Å². The second kappa shape index (κ2) is 6.74. The molecule has 98 valence electrons. The summed E-state index contributed by atoms with van der Waals surface area (Å²) in [7, 11) is 0. The van der Waals surface area contributed by atoms with Gasteiger partial charge < -0.3 is 4.74 Å². The standard InChI is InChI=1S/C17H18O2/c1-2-3-9-17(18)14-10-12-16(13-11-14)19-15-7-5-4-6-8-15/h4-8,10-13H,2-3,9H2,1H3. The van der Waals surface area contributed by atoms with E-state index < -0.39 is 0 Å². The average Bonchev–Trinajstić information content (AvgIpc) is 2.46. The van der Waals surface area contributed by atoms with Crippen molar-refractivity contribution >= 4 is 5.78 Å². The lowest BCUT2D eigenvalue weighted by Crippen LogP contribution is -1.98. The van der Waals surface area contributed by atoms with Crippen molar-refractivity contribution in [1.82, 2.24) is 0 Å². The molecule has 2 nitrogen and oxygen atoms in total. The van der Waals surface area contributed by atoms with Gasteiger partial charge in [0.1, 0.15) is 11.5 Å². The lowest BCUT2D eigenvalue weighted by molar-refractivity contribution is 0.0980. The highest BCUT2D eigenvalue weighted by molar-refractivity contribution is 5.96. The van der Waals surface area contributed by atoms with E-state index >= 15 is 0 Å². The SMILES string of the molecule is CCCCC(=O)c1ccc(Oc2ccccc2)cc1. The van der Waals surface area contributed by atoms with Gasteiger partial charge in [-0.15, -0.1) is 0 Å². The number of para-hydroxylation sites is 1. The molecule has 0 aliphatic rings. The Bertz CT molecular complexity index is 515. The summed E-state index contributed by atoms with van der Waals surface area (Å²) in [6.45, 7) is 2.09. The van der Waals surface area contributed by atoms with Gasteiger partial charge in [-0.3, -0.25) is 4.79 Å². The number of hydrogen-bond acceptors (Lipinski definition) is 2. The number of hydrogen-bond donors (Lipinski definition) is 0. The van der Waals surface area contributed by atoms with Crippen LogP contribution in [0.1, 0.15) is 36.5 Å². The zero-order chi connectivity index (χ0) is 13.5. The van der Waals surface area contributed by atoms with Crippen LogP contribution in [0, 0.1) is 0 Å². The van der Waals surface area contributed by atoms with Gasteiger partial charge in [-0.2, -0.15) is 0 Å². The number of benzene rings is 2. The Hall–Kier alpha value is -2.09. The van der Waals surface area contributed by atoms with Crippen molar-refractivity contribution in [2.45, 2.75) is 26.2 Å². The number of Topliss-reactive ketones (excluding diaryl/α,β-unsaturated/α-hetero) is 1. The van der Waals surface area contributed by atoms with E-state index in [1.54, 1.807) is 0 Å². The Balaban J connectivity index is 2.00. The molecule has 0 bridgehead atoms. The van der Waals surface area contributed by atoms with Crippen molar-refractivity contribution in [1.29, 1.82) is 0 Å². The zero-order valence-corrected chi connectivity index (χ0v) is 11.1. The largest absolute Gasteiger partial charge is 0.457 e. The van der Waals surface area contributed by atoms with Gasteiger partial charge in [0.05, 0.1) is 0 Å². The summed E-state index contributed by atoms with van der Waals surface area (Å²) >= 11 is 0. The Kier molecular flexibility index (Phi) is 4.73. The molecule has 0 aromatic heterocycles. The van der Waals surface area contributed by atoms with Crippen LogP contribution in [0.5, 0.6) is 11.5 Å². The van der Waals surface area contributed by atoms with Crippen molar-refractivity contribution < 1.29 is 9.53 Å². The van der Waals surface area contributed by atoms with Gasteiger partial charge in [-0.05, 0) is 42.8 Å². The van der Waals surface area contributed by atoms with Gasteiger partial charge in [0, 0.05) is 12.0 Å². The predicted molar refractivity (Wildman–Crippen MR) is 76.8 cm³/mol. The monoisotopic (exact) mass is 254 g/mol. The fourth-order valence-corrected chi connectivity index (χ4v) is 1.82. The van der Waals surface area contributed by atoms with Crippen molar-refractivity contribution in [3.8, 4) is 11.5 Å². The summed E-state index contributed by atoms with van der Waals surface area (Å²) in [6.07, 6.45) is 2.61. The van der Waals surface area contributed by atoms with Crippen LogP contribution in [0.4, 0.5) is 0 Å². The van der Waals surface area contributed by atoms with Gasteiger partial charge in [-0.25, -0.2) is 0 Å². The number of carbonyl (C=O) groups is 1. The lowest BCUT2D eigenvalue weighted by Gasteiger charge is -2.06. The molecule has 0 fully saturated rings. The summed E-state index contributed by atoms with van der Waals surface area (Å²) in [6, 6.07) is 16.9. The molecule has 19 heavy (non-hydrogen) atoms. The third kappa shape index (κ3) is 3.95. The Morgan fingerprint density at radius 3 is 2.21 bits per heavy atom. The molecule has 0 atom stereocenters. The quantitative estimate of drug-likeness (QED) is 0.689. The van der Waals surface area contributed by atoms with Crippen LogP contribution in [0.2, 0.25) is 0 Å². The highest BCUT2D eigenvalue weighted by Gasteiger charge is 2.05. The number of carbonyl (C=O) groups excluding carboxylic acids is 1. The molecule has 0 unspecified atom stereocenters. The predicted octanol–water partition coefficient (Wildman–Crippen LogP) is 4.85. The summed E-state index contributed by atoms with van der Waals surface area (Å²) in [5.74, 6) is 1.75. The van der Waals surface area contributed by atoms with E-state index in [4.69, 9.17) is 4.74 Å². The number of ether oxygens (including phenoxy) is 1. The Morgan fingerprint density at radius 2 is 1.58 bits per heavy atom. The first-order valence-corrected chi connectivity index (χ1v) is 6.66. The van der Waals surface area contributed by atoms with Crippen LogP contribution in [-0.2, 0) is 0 Å². The van der Waals surface area contributed by atoms with E-state index in [9.17, 15) is 4.79 Å². The maximum atomic E-state index is 11.8. The minimum absolute atomic E-state index is 0.202. The van der Waals surface area contributed by atoms with Gasteiger partial charge in [0.15, 0.2) is 5.78 Å². The number of rotatable bonds is 6. The first-order valence-electron chi connectivity index (χ1n) is 6.66. The maximum absolute atomic E-state index is 11.8. The highest BCUT2D eigenvalue weighted by Crippen LogP contribution is 2.21. The van der Waals surface area contributed by atoms with E-state index in [0.717, 1.165) is 29.9 Å². The molecular formula is C17H18O2. The smallest absolute Gasteiger partial charge is 0.162 e. The molecule has 0 saturated heterocycles. The molecule has 2 aromatic carbocycles. The average molecular weight is 254 g/mol. The molecule has 2 aromatic rings. The van der Waals surface area contributed by atoms with Gasteiger partial charge in [0.2, 0.25) is 0 Å². The third-order valence-electron chi connectivity index (χ3n) is 2.91. The number of ketones is 1. The fourth-order valence-electron chi connectivity index (χ4n) is 1.82. The van der Waals surface area contributed by atoms with Crippen LogP contribution in [-0.4, -0.2) is 5.78 Å². The van der Waals surface area contributed by atoms with E-state index in [2.05, 4.69) is 6.92 Å². The normalized spacial score (nSPS) is 10.2. The molecule has 0 heterocycles. The minimum atomic E-state index is 0.202. The molecule has 0 aliphatic heterocycles. The lowest BCUT2D eigenvalue weighted by atomic mass is 10.1. The van der Waals surface area contributed by atoms with E-state index in [1.165, 1.54) is 0 Å². The fraction of sp³-hybridized carbons (Fsp3) is 0.235. The molecule has 0 spiro atoms. The molecule has 0 N–H and O–H groups in total. The molecule has 0 radical (unpaired) electrons. The molecular weight excluding hydrogens is 236 g/mol. The summed E-state index contributed by atoms with van der Waals surface area (Å²) in [4.78, 5) is 11.8. The van der Waals surface area contributed by atoms with Crippen molar-refractivity contribution in [2.75, 3.05) is 0 Å². The zero-order valence-electron chi connectivity index (χ0n) is 11.1. The summed E-state index contributed by atoms with van der Waals surface area (Å²) < 4.78 is 5.68. The van der Waals surface area contributed by atoms with Crippen molar-refractivity contribution in [3.05, 3.63) is 60.2 Å². The van der Waals surface area contributed by atoms with Crippen LogP contribution in [0.25, 0.3) is 0 Å². The summed E-state index contributed by atoms with van der Waals surface area (Å²) in [5.41, 5.74) is 0.758. The maximum Gasteiger partial charge on any atom is 0.162 e. The number of unbranched alkanes of at least 4 members (excludes halogenated alkanes) is 1.